The van der Waals surface area contributed by atoms with E-state index in [9.17, 15) is 24.0 Å². The highest BCUT2D eigenvalue weighted by Crippen LogP contribution is 2.41. The van der Waals surface area contributed by atoms with Gasteiger partial charge in [0.15, 0.2) is 5.60 Å². The molecule has 2 saturated carbocycles. The van der Waals surface area contributed by atoms with Gasteiger partial charge in [-0.25, -0.2) is 0 Å². The fraction of sp³-hybridized carbons (Fsp3) is 0.684. The van der Waals surface area contributed by atoms with Crippen LogP contribution in [0.2, 0.25) is 5.02 Å². The monoisotopic (exact) mass is 727 g/mol. The number of likely N-dealkylation sites (tertiary alicyclic amines) is 1. The third kappa shape index (κ3) is 9.61. The minimum Gasteiger partial charge on any atom is -0.493 e. The number of Topliss-reactive ketones (excluding diaryl/α,β-unsaturated/α-hetero) is 1. The number of carbonyl (C=O) groups is 5. The highest BCUT2D eigenvalue weighted by atomic mass is 35.5. The van der Waals surface area contributed by atoms with Crippen molar-refractivity contribution >= 4 is 46.7 Å². The molecule has 5 rings (SSSR count). The zero-order valence-corrected chi connectivity index (χ0v) is 31.4. The van der Waals surface area contributed by atoms with Gasteiger partial charge >= 0.3 is 0 Å². The fourth-order valence-corrected chi connectivity index (χ4v) is 7.61. The standard InChI is InChI=1S/C38H54ClN5O7/c1-6-11-27(32(46)35(48)40-25-15-16-25)41-34(47)29-21-38(20-28(43-51-38)26-19-24(39)14-17-30(26)50-7-2)22-44(29)36(49)33(37(3,4)5)42-31(45)18-23-12-9-8-10-13-23/h14,17,19,23,25,27,29,33H,6-13,15-16,18,20-22H2,1-5H3,(H,40,48)(H,41,47)(H,42,45)/t27-,29-,33+,38+/m0/s1. The molecule has 1 saturated heterocycles. The second-order valence-corrected chi connectivity index (χ2v) is 16.2. The Morgan fingerprint density at radius 2 is 1.78 bits per heavy atom. The molecular weight excluding hydrogens is 674 g/mol. The predicted molar refractivity (Wildman–Crippen MR) is 193 cm³/mol. The van der Waals surface area contributed by atoms with Crippen LogP contribution in [0, 0.1) is 11.3 Å². The molecule has 4 amide bonds. The Balaban J connectivity index is 1.41. The number of ether oxygens (including phenoxy) is 1. The van der Waals surface area contributed by atoms with Gasteiger partial charge in [0, 0.05) is 35.9 Å². The first kappa shape index (κ1) is 38.6. The van der Waals surface area contributed by atoms with Crippen LogP contribution in [0.4, 0.5) is 0 Å². The van der Waals surface area contributed by atoms with Crippen molar-refractivity contribution in [2.24, 2.45) is 16.5 Å². The molecule has 2 aliphatic carbocycles. The van der Waals surface area contributed by atoms with Crippen LogP contribution in [-0.4, -0.2) is 82.9 Å². The van der Waals surface area contributed by atoms with Gasteiger partial charge in [-0.1, -0.05) is 70.1 Å². The molecule has 0 radical (unpaired) electrons. The van der Waals surface area contributed by atoms with E-state index in [1.54, 1.807) is 18.2 Å². The maximum atomic E-state index is 14.7. The van der Waals surface area contributed by atoms with E-state index in [-0.39, 0.29) is 43.7 Å². The van der Waals surface area contributed by atoms with E-state index in [2.05, 4.69) is 21.1 Å². The van der Waals surface area contributed by atoms with Crippen molar-refractivity contribution in [3.8, 4) is 5.75 Å². The van der Waals surface area contributed by atoms with E-state index in [0.29, 0.717) is 41.5 Å². The SMILES string of the molecule is CCC[C@H](NC(=O)[C@@H]1C[C@]2(CC(c3cc(Cl)ccc3OCC)=NO2)CN1C(=O)[C@@H](NC(=O)CC1CCCCC1)C(C)(C)C)C(=O)C(=O)NC1CC1. The maximum Gasteiger partial charge on any atom is 0.289 e. The first-order chi connectivity index (χ1) is 24.2. The number of rotatable bonds is 14. The number of nitrogens with zero attached hydrogens (tertiary/aromatic N) is 2. The number of hydrogen-bond donors (Lipinski definition) is 3. The van der Waals surface area contributed by atoms with Crippen molar-refractivity contribution in [3.63, 3.8) is 0 Å². The molecule has 0 unspecified atom stereocenters. The van der Waals surface area contributed by atoms with Crippen molar-refractivity contribution in [2.45, 2.75) is 141 Å². The lowest BCUT2D eigenvalue weighted by Crippen LogP contribution is -2.59. The van der Waals surface area contributed by atoms with Crippen LogP contribution < -0.4 is 20.7 Å². The van der Waals surface area contributed by atoms with Gasteiger partial charge in [-0.05, 0) is 68.6 Å². The van der Waals surface area contributed by atoms with E-state index in [1.165, 1.54) is 11.3 Å². The summed E-state index contributed by atoms with van der Waals surface area (Å²) in [6.07, 6.45) is 8.49. The van der Waals surface area contributed by atoms with Crippen LogP contribution in [0.5, 0.6) is 5.75 Å². The Kier molecular flexibility index (Phi) is 12.4. The van der Waals surface area contributed by atoms with E-state index >= 15 is 0 Å². The summed E-state index contributed by atoms with van der Waals surface area (Å²) in [4.78, 5) is 75.9. The van der Waals surface area contributed by atoms with Crippen LogP contribution in [0.25, 0.3) is 0 Å². The van der Waals surface area contributed by atoms with Crippen molar-refractivity contribution in [3.05, 3.63) is 28.8 Å². The van der Waals surface area contributed by atoms with Crippen molar-refractivity contribution in [2.75, 3.05) is 13.2 Å². The van der Waals surface area contributed by atoms with Crippen LogP contribution >= 0.6 is 11.6 Å². The highest BCUT2D eigenvalue weighted by molar-refractivity contribution is 6.38. The molecule has 1 aromatic carbocycles. The largest absolute Gasteiger partial charge is 0.493 e. The molecule has 3 fully saturated rings. The topological polar surface area (TPSA) is 156 Å². The van der Waals surface area contributed by atoms with Crippen molar-refractivity contribution in [1.29, 1.82) is 0 Å². The molecule has 280 valence electrons. The van der Waals surface area contributed by atoms with E-state index in [4.69, 9.17) is 21.2 Å². The van der Waals surface area contributed by atoms with Gasteiger partial charge < -0.3 is 30.4 Å². The third-order valence-corrected chi connectivity index (χ3v) is 10.6. The Labute approximate surface area is 306 Å². The summed E-state index contributed by atoms with van der Waals surface area (Å²) in [7, 11) is 0. The van der Waals surface area contributed by atoms with Crippen LogP contribution in [-0.2, 0) is 28.8 Å². The van der Waals surface area contributed by atoms with Crippen molar-refractivity contribution < 1.29 is 33.5 Å². The minimum atomic E-state index is -1.07. The predicted octanol–water partition coefficient (Wildman–Crippen LogP) is 4.84. The molecule has 51 heavy (non-hydrogen) atoms. The van der Waals surface area contributed by atoms with Crippen molar-refractivity contribution in [1.82, 2.24) is 20.9 Å². The van der Waals surface area contributed by atoms with E-state index in [1.807, 2.05) is 34.6 Å². The Morgan fingerprint density at radius 3 is 2.43 bits per heavy atom. The molecule has 12 nitrogen and oxygen atoms in total. The summed E-state index contributed by atoms with van der Waals surface area (Å²) in [6, 6.07) is 2.19. The lowest BCUT2D eigenvalue weighted by Gasteiger charge is -2.36. The summed E-state index contributed by atoms with van der Waals surface area (Å²) in [5, 5.41) is 13.5. The number of benzene rings is 1. The Bertz CT molecular complexity index is 1520. The number of amides is 4. The molecule has 13 heteroatoms. The summed E-state index contributed by atoms with van der Waals surface area (Å²) < 4.78 is 5.84. The molecule has 0 bridgehead atoms. The molecule has 3 N–H and O–H groups in total. The lowest BCUT2D eigenvalue weighted by atomic mass is 9.84. The molecule has 0 aromatic heterocycles. The summed E-state index contributed by atoms with van der Waals surface area (Å²) in [6.45, 7) is 9.83. The second kappa shape index (κ2) is 16.3. The highest BCUT2D eigenvalue weighted by Gasteiger charge is 2.56. The van der Waals surface area contributed by atoms with Crippen LogP contribution in [0.3, 0.4) is 0 Å². The lowest BCUT2D eigenvalue weighted by molar-refractivity contribution is -0.145. The number of carbonyl (C=O) groups excluding carboxylic acids is 5. The summed E-state index contributed by atoms with van der Waals surface area (Å²) in [5.41, 5.74) is -0.535. The van der Waals surface area contributed by atoms with E-state index < -0.39 is 52.6 Å². The fourth-order valence-electron chi connectivity index (χ4n) is 7.44. The first-order valence-electron chi connectivity index (χ1n) is 18.7. The van der Waals surface area contributed by atoms with Gasteiger partial charge in [0.05, 0.1) is 24.9 Å². The zero-order valence-electron chi connectivity index (χ0n) is 30.6. The first-order valence-corrected chi connectivity index (χ1v) is 19.0. The third-order valence-electron chi connectivity index (χ3n) is 10.3. The number of hydrogen-bond acceptors (Lipinski definition) is 8. The van der Waals surface area contributed by atoms with Crippen LogP contribution in [0.1, 0.15) is 117 Å². The molecule has 1 spiro atoms. The smallest absolute Gasteiger partial charge is 0.289 e. The normalized spacial score (nSPS) is 23.2. The molecule has 4 aliphatic rings. The average Bonchev–Trinajstić information content (AvgIpc) is 3.68. The Hall–Kier alpha value is -3.67. The van der Waals surface area contributed by atoms with Gasteiger partial charge in [-0.15, -0.1) is 0 Å². The number of nitrogens with one attached hydrogen (secondary N) is 3. The summed E-state index contributed by atoms with van der Waals surface area (Å²) in [5.74, 6) is -1.74. The van der Waals surface area contributed by atoms with Crippen LogP contribution in [0.15, 0.2) is 23.4 Å². The second-order valence-electron chi connectivity index (χ2n) is 15.8. The number of ketones is 1. The molecule has 2 heterocycles. The summed E-state index contributed by atoms with van der Waals surface area (Å²) >= 11 is 6.36. The quantitative estimate of drug-likeness (QED) is 0.232. The zero-order chi connectivity index (χ0) is 36.9. The molecular formula is C38H54ClN5O7. The van der Waals surface area contributed by atoms with Gasteiger partial charge in [0.25, 0.3) is 5.91 Å². The van der Waals surface area contributed by atoms with E-state index in [0.717, 1.165) is 38.5 Å². The van der Waals surface area contributed by atoms with Gasteiger partial charge in [-0.3, -0.25) is 24.0 Å². The van der Waals surface area contributed by atoms with Gasteiger partial charge in [0.1, 0.15) is 17.8 Å². The Morgan fingerprint density at radius 1 is 1.06 bits per heavy atom. The van der Waals surface area contributed by atoms with Gasteiger partial charge in [-0.2, -0.15) is 0 Å². The molecule has 4 atom stereocenters. The number of oxime groups is 1. The molecule has 1 aromatic rings. The van der Waals surface area contributed by atoms with Gasteiger partial charge in [0.2, 0.25) is 23.5 Å². The molecule has 2 aliphatic heterocycles. The minimum absolute atomic E-state index is 0.0127. The average molecular weight is 728 g/mol. The maximum absolute atomic E-state index is 14.7. The number of halogens is 1.